The highest BCUT2D eigenvalue weighted by atomic mass is 16.4. The second-order valence-corrected chi connectivity index (χ2v) is 6.08. The summed E-state index contributed by atoms with van der Waals surface area (Å²) in [5, 5.41) is 12.0. The van der Waals surface area contributed by atoms with Crippen molar-refractivity contribution in [3.8, 4) is 0 Å². The van der Waals surface area contributed by atoms with Crippen molar-refractivity contribution < 1.29 is 14.7 Å². The zero-order chi connectivity index (χ0) is 14.8. The lowest BCUT2D eigenvalue weighted by atomic mass is 9.86. The van der Waals surface area contributed by atoms with Crippen molar-refractivity contribution in [2.24, 2.45) is 5.41 Å². The third-order valence-electron chi connectivity index (χ3n) is 3.91. The summed E-state index contributed by atoms with van der Waals surface area (Å²) in [4.78, 5) is 22.6. The Morgan fingerprint density at radius 2 is 2.10 bits per heavy atom. The third kappa shape index (κ3) is 3.38. The Bertz CT molecular complexity index is 535. The molecule has 0 saturated heterocycles. The van der Waals surface area contributed by atoms with Crippen LogP contribution in [0.15, 0.2) is 18.2 Å². The number of benzene rings is 1. The second kappa shape index (κ2) is 5.65. The molecule has 0 radical (unpaired) electrons. The van der Waals surface area contributed by atoms with Gasteiger partial charge in [-0.25, -0.2) is 0 Å². The van der Waals surface area contributed by atoms with E-state index in [9.17, 15) is 9.59 Å². The molecular weight excluding hydrogens is 254 g/mol. The zero-order valence-electron chi connectivity index (χ0n) is 12.0. The van der Waals surface area contributed by atoms with Crippen LogP contribution in [-0.2, 0) is 22.4 Å². The van der Waals surface area contributed by atoms with Gasteiger partial charge in [-0.15, -0.1) is 0 Å². The highest BCUT2D eigenvalue weighted by Crippen LogP contribution is 2.27. The summed E-state index contributed by atoms with van der Waals surface area (Å²) < 4.78 is 0. The number of hydrogen-bond acceptors (Lipinski definition) is 2. The Kier molecular flexibility index (Phi) is 4.12. The monoisotopic (exact) mass is 275 g/mol. The Morgan fingerprint density at radius 3 is 2.80 bits per heavy atom. The summed E-state index contributed by atoms with van der Waals surface area (Å²) in [5.74, 6) is -0.692. The van der Waals surface area contributed by atoms with Gasteiger partial charge in [-0.05, 0) is 56.7 Å². The van der Waals surface area contributed by atoms with Crippen molar-refractivity contribution in [3.63, 3.8) is 0 Å². The molecule has 1 aromatic carbocycles. The standard InChI is InChI=1S/C16H21NO3/c1-16(2,15(19)20)9-8-11-6-7-13-12(10-11)4-3-5-14(18)17-13/h6-7,10H,3-5,8-9H2,1-2H3,(H,17,18)(H,19,20). The third-order valence-corrected chi connectivity index (χ3v) is 3.91. The van der Waals surface area contributed by atoms with E-state index in [2.05, 4.69) is 11.4 Å². The Morgan fingerprint density at radius 1 is 1.35 bits per heavy atom. The van der Waals surface area contributed by atoms with E-state index in [0.29, 0.717) is 12.8 Å². The summed E-state index contributed by atoms with van der Waals surface area (Å²) in [6.45, 7) is 3.50. The van der Waals surface area contributed by atoms with E-state index in [0.717, 1.165) is 36.1 Å². The number of amides is 1. The summed E-state index contributed by atoms with van der Waals surface area (Å²) in [6, 6.07) is 6.00. The van der Waals surface area contributed by atoms with Crippen LogP contribution in [0.1, 0.15) is 44.2 Å². The van der Waals surface area contributed by atoms with Crippen molar-refractivity contribution in [2.45, 2.75) is 46.0 Å². The minimum atomic E-state index is -0.764. The summed E-state index contributed by atoms with van der Waals surface area (Å²) >= 11 is 0. The molecule has 0 aromatic heterocycles. The molecule has 108 valence electrons. The molecule has 0 unspecified atom stereocenters. The van der Waals surface area contributed by atoms with Crippen LogP contribution >= 0.6 is 0 Å². The quantitative estimate of drug-likeness (QED) is 0.887. The predicted octanol–water partition coefficient (Wildman–Crippen LogP) is 3.00. The molecule has 0 saturated carbocycles. The Balaban J connectivity index is 2.10. The number of fused-ring (bicyclic) bond motifs is 1. The number of carboxylic acid groups (broad SMARTS) is 1. The number of hydrogen-bond donors (Lipinski definition) is 2. The first-order valence-electron chi connectivity index (χ1n) is 7.03. The number of aryl methyl sites for hydroxylation is 2. The van der Waals surface area contributed by atoms with Crippen LogP contribution in [0.3, 0.4) is 0 Å². The molecule has 1 aromatic rings. The van der Waals surface area contributed by atoms with E-state index in [1.807, 2.05) is 12.1 Å². The fourth-order valence-corrected chi connectivity index (χ4v) is 2.35. The van der Waals surface area contributed by atoms with Gasteiger partial charge in [0.15, 0.2) is 0 Å². The van der Waals surface area contributed by atoms with Gasteiger partial charge in [-0.2, -0.15) is 0 Å². The molecule has 1 aliphatic rings. The lowest BCUT2D eigenvalue weighted by Crippen LogP contribution is -2.24. The molecule has 1 heterocycles. The topological polar surface area (TPSA) is 66.4 Å². The molecule has 0 aliphatic carbocycles. The number of carboxylic acids is 1. The smallest absolute Gasteiger partial charge is 0.309 e. The van der Waals surface area contributed by atoms with Crippen LogP contribution in [0.4, 0.5) is 5.69 Å². The number of carbonyl (C=O) groups excluding carboxylic acids is 1. The van der Waals surface area contributed by atoms with Crippen molar-refractivity contribution >= 4 is 17.6 Å². The minimum Gasteiger partial charge on any atom is -0.481 e. The van der Waals surface area contributed by atoms with Crippen molar-refractivity contribution in [1.29, 1.82) is 0 Å². The molecule has 2 rings (SSSR count). The van der Waals surface area contributed by atoms with Gasteiger partial charge in [0.2, 0.25) is 5.91 Å². The lowest BCUT2D eigenvalue weighted by Gasteiger charge is -2.19. The Labute approximate surface area is 119 Å². The molecule has 4 heteroatoms. The Hall–Kier alpha value is -1.84. The van der Waals surface area contributed by atoms with Crippen LogP contribution in [0.5, 0.6) is 0 Å². The van der Waals surface area contributed by atoms with Crippen LogP contribution in [0.25, 0.3) is 0 Å². The normalized spacial score (nSPS) is 15.2. The molecule has 2 N–H and O–H groups in total. The highest BCUT2D eigenvalue weighted by molar-refractivity contribution is 5.92. The van der Waals surface area contributed by atoms with E-state index in [1.54, 1.807) is 13.8 Å². The van der Waals surface area contributed by atoms with Gasteiger partial charge >= 0.3 is 5.97 Å². The van der Waals surface area contributed by atoms with Gasteiger partial charge < -0.3 is 10.4 Å². The van der Waals surface area contributed by atoms with Crippen LogP contribution in [-0.4, -0.2) is 17.0 Å². The van der Waals surface area contributed by atoms with E-state index in [-0.39, 0.29) is 5.91 Å². The maximum absolute atomic E-state index is 11.5. The average Bonchev–Trinajstić information content (AvgIpc) is 2.56. The molecule has 0 spiro atoms. The molecule has 0 fully saturated rings. The summed E-state index contributed by atoms with van der Waals surface area (Å²) in [6.07, 6.45) is 3.66. The van der Waals surface area contributed by atoms with E-state index in [4.69, 9.17) is 5.11 Å². The molecule has 20 heavy (non-hydrogen) atoms. The molecule has 0 bridgehead atoms. The number of anilines is 1. The van der Waals surface area contributed by atoms with E-state index >= 15 is 0 Å². The number of nitrogens with one attached hydrogen (secondary N) is 1. The first kappa shape index (κ1) is 14.6. The predicted molar refractivity (Wildman–Crippen MR) is 77.7 cm³/mol. The highest BCUT2D eigenvalue weighted by Gasteiger charge is 2.26. The van der Waals surface area contributed by atoms with Crippen molar-refractivity contribution in [1.82, 2.24) is 0 Å². The zero-order valence-corrected chi connectivity index (χ0v) is 12.0. The summed E-state index contributed by atoms with van der Waals surface area (Å²) in [7, 11) is 0. The SMILES string of the molecule is CC(C)(CCc1ccc2c(c1)CCCC(=O)N2)C(=O)O. The largest absolute Gasteiger partial charge is 0.481 e. The average molecular weight is 275 g/mol. The maximum Gasteiger partial charge on any atom is 0.309 e. The van der Waals surface area contributed by atoms with E-state index in [1.165, 1.54) is 0 Å². The number of rotatable bonds is 4. The second-order valence-electron chi connectivity index (χ2n) is 6.08. The van der Waals surface area contributed by atoms with Gasteiger partial charge in [0.1, 0.15) is 0 Å². The number of carbonyl (C=O) groups is 2. The van der Waals surface area contributed by atoms with Crippen LogP contribution in [0, 0.1) is 5.41 Å². The maximum atomic E-state index is 11.5. The van der Waals surface area contributed by atoms with Crippen molar-refractivity contribution in [2.75, 3.05) is 5.32 Å². The van der Waals surface area contributed by atoms with Crippen molar-refractivity contribution in [3.05, 3.63) is 29.3 Å². The molecule has 0 atom stereocenters. The summed E-state index contributed by atoms with van der Waals surface area (Å²) in [5.41, 5.74) is 2.48. The van der Waals surface area contributed by atoms with Gasteiger partial charge in [0.25, 0.3) is 0 Å². The van der Waals surface area contributed by atoms with Crippen LogP contribution in [0.2, 0.25) is 0 Å². The van der Waals surface area contributed by atoms with Gasteiger partial charge in [-0.3, -0.25) is 9.59 Å². The van der Waals surface area contributed by atoms with Gasteiger partial charge in [0.05, 0.1) is 5.41 Å². The van der Waals surface area contributed by atoms with E-state index < -0.39 is 11.4 Å². The molecule has 4 nitrogen and oxygen atoms in total. The first-order chi connectivity index (χ1) is 9.38. The molecule has 1 aliphatic heterocycles. The molecular formula is C16H21NO3. The minimum absolute atomic E-state index is 0.0727. The fraction of sp³-hybridized carbons (Fsp3) is 0.500. The first-order valence-corrected chi connectivity index (χ1v) is 7.03. The molecule has 1 amide bonds. The van der Waals surface area contributed by atoms with Crippen LogP contribution < -0.4 is 5.32 Å². The lowest BCUT2D eigenvalue weighted by molar-refractivity contribution is -0.147. The fourth-order valence-electron chi connectivity index (χ4n) is 2.35. The number of aliphatic carboxylic acids is 1. The van der Waals surface area contributed by atoms with Gasteiger partial charge in [0, 0.05) is 12.1 Å². The van der Waals surface area contributed by atoms with Gasteiger partial charge in [-0.1, -0.05) is 12.1 Å².